The number of likely N-dealkylation sites (tertiary alicyclic amines) is 1. The molecule has 0 bridgehead atoms. The molecule has 0 aliphatic carbocycles. The third-order valence-corrected chi connectivity index (χ3v) is 5.67. The van der Waals surface area contributed by atoms with Crippen molar-refractivity contribution in [3.63, 3.8) is 0 Å². The normalized spacial score (nSPS) is 21.9. The van der Waals surface area contributed by atoms with Gasteiger partial charge in [0.25, 0.3) is 5.91 Å². The van der Waals surface area contributed by atoms with Gasteiger partial charge in [0.2, 0.25) is 0 Å². The number of rotatable bonds is 3. The Morgan fingerprint density at radius 2 is 2.00 bits per heavy atom. The van der Waals surface area contributed by atoms with E-state index in [1.807, 2.05) is 0 Å². The second-order valence-electron chi connectivity index (χ2n) is 5.76. The molecule has 1 atom stereocenters. The van der Waals surface area contributed by atoms with E-state index in [0.29, 0.717) is 17.4 Å². The maximum absolute atomic E-state index is 12.6. The number of amides is 1. The highest BCUT2D eigenvalue weighted by atomic mass is 79.9. The molecule has 0 spiro atoms. The van der Waals surface area contributed by atoms with Gasteiger partial charge in [0.1, 0.15) is 0 Å². The first kappa shape index (κ1) is 17.0. The molecule has 1 aromatic rings. The van der Waals surface area contributed by atoms with E-state index in [-0.39, 0.29) is 22.9 Å². The Kier molecular flexibility index (Phi) is 4.36. The van der Waals surface area contributed by atoms with Crippen molar-refractivity contribution < 1.29 is 23.1 Å². The molecule has 8 heteroatoms. The highest BCUT2D eigenvalue weighted by Gasteiger charge is 2.42. The van der Waals surface area contributed by atoms with Gasteiger partial charge < -0.3 is 10.0 Å². The van der Waals surface area contributed by atoms with Gasteiger partial charge in [0.15, 0.2) is 9.84 Å². The lowest BCUT2D eigenvalue weighted by molar-refractivity contribution is -0.147. The van der Waals surface area contributed by atoms with E-state index in [9.17, 15) is 23.1 Å². The van der Waals surface area contributed by atoms with Gasteiger partial charge in [-0.05, 0) is 47.5 Å². The van der Waals surface area contributed by atoms with Crippen LogP contribution in [0.5, 0.6) is 0 Å². The van der Waals surface area contributed by atoms with E-state index in [2.05, 4.69) is 15.9 Å². The molecule has 2 rings (SSSR count). The summed E-state index contributed by atoms with van der Waals surface area (Å²) in [5.41, 5.74) is -0.742. The molecule has 0 radical (unpaired) electrons. The van der Waals surface area contributed by atoms with Gasteiger partial charge in [0, 0.05) is 23.8 Å². The minimum atomic E-state index is -3.42. The third-order valence-electron chi connectivity index (χ3n) is 3.87. The molecule has 1 saturated heterocycles. The molecule has 0 aromatic heterocycles. The maximum Gasteiger partial charge on any atom is 0.311 e. The molecule has 6 nitrogen and oxygen atoms in total. The molecule has 1 amide bonds. The Balaban J connectivity index is 2.33. The number of benzene rings is 1. The number of sulfone groups is 1. The number of nitrogens with zero attached hydrogens (tertiary/aromatic N) is 1. The van der Waals surface area contributed by atoms with Crippen molar-refractivity contribution >= 4 is 37.6 Å². The number of carboxylic acids is 1. The number of hydrogen-bond acceptors (Lipinski definition) is 4. The van der Waals surface area contributed by atoms with Crippen molar-refractivity contribution in [2.75, 3.05) is 19.3 Å². The fourth-order valence-corrected chi connectivity index (χ4v) is 3.44. The van der Waals surface area contributed by atoms with Crippen LogP contribution in [0, 0.1) is 5.41 Å². The Bertz CT molecular complexity index is 746. The molecule has 1 aliphatic heterocycles. The van der Waals surface area contributed by atoms with E-state index in [0.717, 1.165) is 6.26 Å². The van der Waals surface area contributed by atoms with Crippen LogP contribution >= 0.6 is 15.9 Å². The summed E-state index contributed by atoms with van der Waals surface area (Å²) in [6.07, 6.45) is 1.44. The van der Waals surface area contributed by atoms with Gasteiger partial charge in [-0.15, -0.1) is 0 Å². The second-order valence-corrected chi connectivity index (χ2v) is 8.63. The molecule has 1 heterocycles. The molecular formula is C14H16BrNO5S. The van der Waals surface area contributed by atoms with Crippen molar-refractivity contribution in [3.05, 3.63) is 28.2 Å². The highest BCUT2D eigenvalue weighted by molar-refractivity contribution is 9.10. The zero-order valence-electron chi connectivity index (χ0n) is 12.2. The van der Waals surface area contributed by atoms with E-state index >= 15 is 0 Å². The van der Waals surface area contributed by atoms with Crippen LogP contribution < -0.4 is 0 Å². The van der Waals surface area contributed by atoms with Crippen LogP contribution in [-0.4, -0.2) is 49.6 Å². The monoisotopic (exact) mass is 389 g/mol. The third kappa shape index (κ3) is 3.17. The van der Waals surface area contributed by atoms with Gasteiger partial charge in [0.05, 0.1) is 15.9 Å². The van der Waals surface area contributed by atoms with Crippen LogP contribution in [0.4, 0.5) is 0 Å². The molecule has 1 aromatic carbocycles. The van der Waals surface area contributed by atoms with Crippen molar-refractivity contribution in [3.8, 4) is 0 Å². The smallest absolute Gasteiger partial charge is 0.311 e. The topological polar surface area (TPSA) is 91.8 Å². The van der Waals surface area contributed by atoms with Crippen LogP contribution in [0.3, 0.4) is 0 Å². The molecule has 1 aliphatic rings. The van der Waals surface area contributed by atoms with Crippen LogP contribution in [0.1, 0.15) is 23.7 Å². The molecule has 1 fully saturated rings. The molecule has 0 unspecified atom stereocenters. The lowest BCUT2D eigenvalue weighted by atomic mass is 9.90. The fraction of sp³-hybridized carbons (Fsp3) is 0.429. The summed E-state index contributed by atoms with van der Waals surface area (Å²) >= 11 is 3.24. The second kappa shape index (κ2) is 5.66. The minimum Gasteiger partial charge on any atom is -0.481 e. The maximum atomic E-state index is 12.6. The van der Waals surface area contributed by atoms with E-state index in [4.69, 9.17) is 0 Å². The summed E-state index contributed by atoms with van der Waals surface area (Å²) < 4.78 is 23.7. The average Bonchev–Trinajstić information content (AvgIpc) is 2.81. The van der Waals surface area contributed by atoms with E-state index in [1.54, 1.807) is 6.92 Å². The van der Waals surface area contributed by atoms with Gasteiger partial charge >= 0.3 is 5.97 Å². The Morgan fingerprint density at radius 1 is 1.36 bits per heavy atom. The molecule has 0 saturated carbocycles. The van der Waals surface area contributed by atoms with Crippen LogP contribution in [0.25, 0.3) is 0 Å². The summed E-state index contributed by atoms with van der Waals surface area (Å²) in [5.74, 6) is -1.31. The predicted octanol–water partition coefficient (Wildman–Crippen LogP) is 1.79. The quantitative estimate of drug-likeness (QED) is 0.850. The first-order valence-electron chi connectivity index (χ1n) is 6.57. The molecule has 22 heavy (non-hydrogen) atoms. The number of aliphatic carboxylic acids is 1. The standard InChI is InChI=1S/C14H16BrNO5S/c1-14(13(18)19)5-6-16(8-14)12(17)10-7-9(22(2,20)21)3-4-11(10)15/h3-4,7H,5-6,8H2,1-2H3,(H,18,19)/t14-/m1/s1. The largest absolute Gasteiger partial charge is 0.481 e. The SMILES string of the molecule is C[C@@]1(C(=O)O)CCN(C(=O)c2cc(S(C)(=O)=O)ccc2Br)C1. The fourth-order valence-electron chi connectivity index (χ4n) is 2.38. The van der Waals surface area contributed by atoms with Crippen molar-refractivity contribution in [1.82, 2.24) is 4.90 Å². The Hall–Kier alpha value is -1.41. The minimum absolute atomic E-state index is 0.0549. The summed E-state index contributed by atoms with van der Waals surface area (Å²) in [6, 6.07) is 4.25. The highest BCUT2D eigenvalue weighted by Crippen LogP contribution is 2.32. The van der Waals surface area contributed by atoms with Gasteiger partial charge in [-0.1, -0.05) is 0 Å². The van der Waals surface area contributed by atoms with Gasteiger partial charge in [-0.3, -0.25) is 9.59 Å². The zero-order chi connectivity index (χ0) is 16.7. The summed E-state index contributed by atoms with van der Waals surface area (Å²) in [5, 5.41) is 9.22. The van der Waals surface area contributed by atoms with Crippen LogP contribution in [0.15, 0.2) is 27.6 Å². The van der Waals surface area contributed by atoms with E-state index < -0.39 is 21.2 Å². The zero-order valence-corrected chi connectivity index (χ0v) is 14.6. The van der Waals surface area contributed by atoms with Crippen molar-refractivity contribution in [2.45, 2.75) is 18.2 Å². The van der Waals surface area contributed by atoms with Gasteiger partial charge in [-0.25, -0.2) is 8.42 Å². The summed E-state index contributed by atoms with van der Waals surface area (Å²) in [4.78, 5) is 25.3. The van der Waals surface area contributed by atoms with Crippen molar-refractivity contribution in [1.29, 1.82) is 0 Å². The number of carbonyl (C=O) groups excluding carboxylic acids is 1. The molecule has 1 N–H and O–H groups in total. The number of carboxylic acid groups (broad SMARTS) is 1. The van der Waals surface area contributed by atoms with Crippen molar-refractivity contribution in [2.24, 2.45) is 5.41 Å². The number of halogens is 1. The summed E-state index contributed by atoms with van der Waals surface area (Å²) in [6.45, 7) is 2.04. The van der Waals surface area contributed by atoms with E-state index in [1.165, 1.54) is 23.1 Å². The average molecular weight is 390 g/mol. The first-order chi connectivity index (χ1) is 10.0. The molecule has 120 valence electrons. The Morgan fingerprint density at radius 3 is 2.50 bits per heavy atom. The van der Waals surface area contributed by atoms with Crippen LogP contribution in [0.2, 0.25) is 0 Å². The first-order valence-corrected chi connectivity index (χ1v) is 9.25. The lowest BCUT2D eigenvalue weighted by Crippen LogP contribution is -2.35. The summed E-state index contributed by atoms with van der Waals surface area (Å²) in [7, 11) is -3.42. The lowest BCUT2D eigenvalue weighted by Gasteiger charge is -2.21. The predicted molar refractivity (Wildman–Crippen MR) is 83.5 cm³/mol. The number of carbonyl (C=O) groups is 2. The Labute approximate surface area is 137 Å². The van der Waals surface area contributed by atoms with Gasteiger partial charge in [-0.2, -0.15) is 0 Å². The molecular weight excluding hydrogens is 374 g/mol. The number of hydrogen-bond donors (Lipinski definition) is 1. The van der Waals surface area contributed by atoms with Crippen LogP contribution in [-0.2, 0) is 14.6 Å².